The summed E-state index contributed by atoms with van der Waals surface area (Å²) in [6, 6.07) is 13.8. The van der Waals surface area contributed by atoms with Crippen LogP contribution in [0, 0.1) is 0 Å². The number of H-pyrrole nitrogens is 1. The lowest BCUT2D eigenvalue weighted by molar-refractivity contribution is -0.719. The Labute approximate surface area is 177 Å². The topological polar surface area (TPSA) is 97.1 Å². The number of amides is 1. The quantitative estimate of drug-likeness (QED) is 0.261. The van der Waals surface area contributed by atoms with Crippen molar-refractivity contribution in [2.24, 2.45) is 5.10 Å². The number of aromatic amines is 1. The molecule has 0 aliphatic heterocycles. The van der Waals surface area contributed by atoms with Crippen LogP contribution >= 0.6 is 23.4 Å². The van der Waals surface area contributed by atoms with E-state index in [2.05, 4.69) is 20.7 Å². The first kappa shape index (κ1) is 20.9. The van der Waals surface area contributed by atoms with E-state index in [-0.39, 0.29) is 17.4 Å². The number of nitrogens with one attached hydrogen (secondary N) is 2. The molecule has 29 heavy (non-hydrogen) atoms. The summed E-state index contributed by atoms with van der Waals surface area (Å²) in [5.74, 6) is 0.645. The Morgan fingerprint density at radius 3 is 2.76 bits per heavy atom. The number of carbonyl (C=O) groups is 1. The van der Waals surface area contributed by atoms with Gasteiger partial charge >= 0.3 is 5.16 Å². The zero-order valence-corrected chi connectivity index (χ0v) is 17.5. The fourth-order valence-electron chi connectivity index (χ4n) is 2.64. The molecule has 0 saturated heterocycles. The third kappa shape index (κ3) is 5.36. The summed E-state index contributed by atoms with van der Waals surface area (Å²) in [5.41, 5.74) is 4.72. The van der Waals surface area contributed by atoms with Crippen molar-refractivity contribution in [1.29, 1.82) is 0 Å². The molecular weight excluding hydrogens is 410 g/mol. The van der Waals surface area contributed by atoms with E-state index in [1.807, 2.05) is 35.8 Å². The van der Waals surface area contributed by atoms with Gasteiger partial charge in [-0.15, -0.1) is 10.8 Å². The number of nitrogens with zero attached hydrogens (tertiary/aromatic N) is 3. The second-order valence-corrected chi connectivity index (χ2v) is 7.53. The van der Waals surface area contributed by atoms with E-state index in [9.17, 15) is 9.90 Å². The summed E-state index contributed by atoms with van der Waals surface area (Å²) in [5, 5.41) is 24.2. The Bertz CT molecular complexity index is 1030. The fraction of sp³-hybridized carbons (Fsp3) is 0.200. The van der Waals surface area contributed by atoms with Crippen LogP contribution in [0.5, 0.6) is 5.75 Å². The van der Waals surface area contributed by atoms with Gasteiger partial charge in [0.15, 0.2) is 0 Å². The summed E-state index contributed by atoms with van der Waals surface area (Å²) in [6.07, 6.45) is 0. The molecule has 2 N–H and O–H groups in total. The Balaban J connectivity index is 1.63. The largest absolute Gasteiger partial charge is 0.872 e. The monoisotopic (exact) mass is 429 g/mol. The smallest absolute Gasteiger partial charge is 0.337 e. The average molecular weight is 430 g/mol. The standard InChI is InChI=1S/C20H20ClN5O2S/c1-3-26-19(14-7-9-16(21)10-8-14)24-25-20(26)29-12-18(28)23-22-13(2)15-5-4-6-17(27)11-15/h4-11H,3,12H2,1-2H3,(H2,23,27,28)/b22-13+. The van der Waals surface area contributed by atoms with Crippen molar-refractivity contribution >= 4 is 35.0 Å². The number of benzene rings is 2. The Kier molecular flexibility index (Phi) is 6.90. The van der Waals surface area contributed by atoms with Crippen LogP contribution in [0.15, 0.2) is 58.8 Å². The van der Waals surface area contributed by atoms with Gasteiger partial charge in [0.2, 0.25) is 0 Å². The van der Waals surface area contributed by atoms with Gasteiger partial charge in [0.1, 0.15) is 0 Å². The number of halogens is 1. The number of rotatable bonds is 7. The molecule has 7 nitrogen and oxygen atoms in total. The summed E-state index contributed by atoms with van der Waals surface area (Å²) in [4.78, 5) is 12.2. The molecular formula is C20H20ClN5O2S. The minimum absolute atomic E-state index is 0.0990. The lowest BCUT2D eigenvalue weighted by Gasteiger charge is -2.07. The van der Waals surface area contributed by atoms with Crippen molar-refractivity contribution < 1.29 is 14.5 Å². The van der Waals surface area contributed by atoms with Crippen molar-refractivity contribution in [3.05, 3.63) is 59.1 Å². The van der Waals surface area contributed by atoms with Crippen molar-refractivity contribution in [3.63, 3.8) is 0 Å². The van der Waals surface area contributed by atoms with E-state index < -0.39 is 0 Å². The Hall–Kier alpha value is -2.84. The summed E-state index contributed by atoms with van der Waals surface area (Å²) in [7, 11) is 0. The van der Waals surface area contributed by atoms with E-state index in [0.717, 1.165) is 11.4 Å². The highest BCUT2D eigenvalue weighted by Crippen LogP contribution is 2.19. The molecule has 3 aromatic rings. The molecule has 0 atom stereocenters. The highest BCUT2D eigenvalue weighted by atomic mass is 35.5. The van der Waals surface area contributed by atoms with Crippen molar-refractivity contribution in [1.82, 2.24) is 15.6 Å². The van der Waals surface area contributed by atoms with Crippen LogP contribution in [-0.4, -0.2) is 27.6 Å². The first-order valence-electron chi connectivity index (χ1n) is 8.95. The van der Waals surface area contributed by atoms with Crippen LogP contribution in [-0.2, 0) is 11.3 Å². The molecule has 0 fully saturated rings. The lowest BCUT2D eigenvalue weighted by atomic mass is 10.1. The van der Waals surface area contributed by atoms with Crippen LogP contribution in [0.1, 0.15) is 19.4 Å². The van der Waals surface area contributed by atoms with Gasteiger partial charge in [0, 0.05) is 5.02 Å². The molecule has 0 spiro atoms. The zero-order valence-electron chi connectivity index (χ0n) is 16.0. The first-order chi connectivity index (χ1) is 14.0. The number of aromatic nitrogens is 3. The van der Waals surface area contributed by atoms with Gasteiger partial charge in [0.05, 0.1) is 28.7 Å². The number of hydrazone groups is 1. The van der Waals surface area contributed by atoms with Crippen LogP contribution < -0.4 is 15.1 Å². The molecule has 2 aromatic carbocycles. The van der Waals surface area contributed by atoms with Gasteiger partial charge in [-0.05, 0) is 55.4 Å². The zero-order chi connectivity index (χ0) is 20.8. The highest BCUT2D eigenvalue weighted by molar-refractivity contribution is 7.99. The molecule has 0 saturated carbocycles. The maximum absolute atomic E-state index is 12.2. The predicted octanol–water partition coefficient (Wildman–Crippen LogP) is 2.74. The summed E-state index contributed by atoms with van der Waals surface area (Å²) in [6.45, 7) is 4.44. The van der Waals surface area contributed by atoms with Gasteiger partial charge in [-0.25, -0.2) is 9.99 Å². The molecule has 0 unspecified atom stereocenters. The minimum atomic E-state index is -0.258. The maximum atomic E-state index is 12.2. The van der Waals surface area contributed by atoms with E-state index in [4.69, 9.17) is 11.6 Å². The summed E-state index contributed by atoms with van der Waals surface area (Å²) >= 11 is 7.27. The predicted molar refractivity (Wildman–Crippen MR) is 112 cm³/mol. The molecule has 1 aromatic heterocycles. The summed E-state index contributed by atoms with van der Waals surface area (Å²) < 4.78 is 2.00. The van der Waals surface area contributed by atoms with Gasteiger partial charge in [-0.3, -0.25) is 4.79 Å². The normalized spacial score (nSPS) is 11.5. The van der Waals surface area contributed by atoms with Gasteiger partial charge in [-0.1, -0.05) is 35.9 Å². The average Bonchev–Trinajstić information content (AvgIpc) is 3.14. The van der Waals surface area contributed by atoms with Crippen molar-refractivity contribution in [2.45, 2.75) is 25.5 Å². The number of hydrogen-bond donors (Lipinski definition) is 2. The highest BCUT2D eigenvalue weighted by Gasteiger charge is 2.21. The molecule has 0 aliphatic rings. The van der Waals surface area contributed by atoms with Gasteiger partial charge in [0.25, 0.3) is 11.7 Å². The van der Waals surface area contributed by atoms with Crippen molar-refractivity contribution in [2.75, 3.05) is 5.75 Å². The second kappa shape index (κ2) is 9.58. The Morgan fingerprint density at radius 1 is 1.31 bits per heavy atom. The molecule has 0 bridgehead atoms. The van der Waals surface area contributed by atoms with Crippen molar-refractivity contribution in [3.8, 4) is 17.1 Å². The maximum Gasteiger partial charge on any atom is 0.337 e. The van der Waals surface area contributed by atoms with E-state index in [1.165, 1.54) is 23.9 Å². The van der Waals surface area contributed by atoms with Crippen LogP contribution in [0.4, 0.5) is 0 Å². The third-order valence-corrected chi connectivity index (χ3v) is 5.35. The lowest BCUT2D eigenvalue weighted by Crippen LogP contribution is -2.36. The SMILES string of the molecule is CC[n+]1c(SCC(=O)N/N=C(\C)c2cccc([O-])c2)n[nH]c1-c1ccc(Cl)cc1. The molecule has 0 aliphatic carbocycles. The number of carbonyl (C=O) groups excluding carboxylic acids is 1. The van der Waals surface area contributed by atoms with Crippen LogP contribution in [0.25, 0.3) is 11.4 Å². The first-order valence-corrected chi connectivity index (χ1v) is 10.3. The molecule has 3 rings (SSSR count). The Morgan fingerprint density at radius 2 is 2.07 bits per heavy atom. The number of thioether (sulfide) groups is 1. The number of hydrogen-bond acceptors (Lipinski definition) is 5. The third-order valence-electron chi connectivity index (χ3n) is 4.12. The molecule has 150 valence electrons. The van der Waals surface area contributed by atoms with E-state index in [1.54, 1.807) is 19.1 Å². The van der Waals surface area contributed by atoms with Crippen LogP contribution in [0.3, 0.4) is 0 Å². The minimum Gasteiger partial charge on any atom is -0.872 e. The molecule has 1 heterocycles. The van der Waals surface area contributed by atoms with E-state index in [0.29, 0.717) is 28.0 Å². The van der Waals surface area contributed by atoms with Crippen LogP contribution in [0.2, 0.25) is 5.02 Å². The molecule has 1 amide bonds. The fourth-order valence-corrected chi connectivity index (χ4v) is 3.58. The van der Waals surface area contributed by atoms with Gasteiger partial charge in [-0.2, -0.15) is 5.10 Å². The molecule has 0 radical (unpaired) electrons. The molecule has 9 heteroatoms. The second-order valence-electron chi connectivity index (χ2n) is 6.15. The van der Waals surface area contributed by atoms with E-state index >= 15 is 0 Å². The van der Waals surface area contributed by atoms with Gasteiger partial charge < -0.3 is 5.11 Å².